The Morgan fingerprint density at radius 2 is 2.19 bits per heavy atom. The summed E-state index contributed by atoms with van der Waals surface area (Å²) in [5, 5.41) is 19.6. The maximum atomic E-state index is 11.4. The lowest BCUT2D eigenvalue weighted by atomic mass is 10.2. The fraction of sp³-hybridized carbons (Fsp3) is 0.300. The minimum atomic E-state index is -1.60. The first-order valence-electron chi connectivity index (χ1n) is 4.62. The van der Waals surface area contributed by atoms with Crippen LogP contribution in [0.2, 0.25) is 0 Å². The Balaban J connectivity index is 2.53. The third-order valence-corrected chi connectivity index (χ3v) is 1.91. The van der Waals surface area contributed by atoms with Gasteiger partial charge >= 0.3 is 5.97 Å². The molecule has 6 heteroatoms. The van der Waals surface area contributed by atoms with E-state index in [1.54, 1.807) is 19.1 Å². The minimum Gasteiger partial charge on any atom is -0.479 e. The Hall–Kier alpha value is -1.95. The molecule has 0 aliphatic carbocycles. The lowest BCUT2D eigenvalue weighted by Gasteiger charge is -2.07. The fourth-order valence-electron chi connectivity index (χ4n) is 0.981. The first kappa shape index (κ1) is 12.1. The molecule has 0 aromatic carbocycles. The van der Waals surface area contributed by atoms with E-state index in [2.05, 4.69) is 10.3 Å². The van der Waals surface area contributed by atoms with E-state index in [1.165, 1.54) is 6.20 Å². The van der Waals surface area contributed by atoms with E-state index in [0.29, 0.717) is 5.56 Å². The van der Waals surface area contributed by atoms with Crippen molar-refractivity contribution in [1.29, 1.82) is 0 Å². The van der Waals surface area contributed by atoms with Crippen LogP contribution in [-0.2, 0) is 4.79 Å². The average molecular weight is 224 g/mol. The number of carbonyl (C=O) groups is 2. The molecule has 0 fully saturated rings. The quantitative estimate of drug-likeness (QED) is 0.644. The van der Waals surface area contributed by atoms with Crippen LogP contribution in [-0.4, -0.2) is 39.7 Å². The van der Waals surface area contributed by atoms with Crippen molar-refractivity contribution in [3.63, 3.8) is 0 Å². The number of carboxylic acid groups (broad SMARTS) is 1. The molecular formula is C10H12N2O4. The number of hydrogen-bond acceptors (Lipinski definition) is 4. The van der Waals surface area contributed by atoms with Crippen LogP contribution in [0.3, 0.4) is 0 Å². The monoisotopic (exact) mass is 224 g/mol. The molecule has 1 aromatic rings. The molecule has 0 aliphatic rings. The van der Waals surface area contributed by atoms with Crippen molar-refractivity contribution in [3.05, 3.63) is 29.6 Å². The third-order valence-electron chi connectivity index (χ3n) is 1.91. The van der Waals surface area contributed by atoms with Gasteiger partial charge in [-0.25, -0.2) is 4.79 Å². The van der Waals surface area contributed by atoms with Crippen molar-refractivity contribution in [2.24, 2.45) is 0 Å². The second kappa shape index (κ2) is 5.22. The smallest absolute Gasteiger partial charge is 0.334 e. The molecule has 6 nitrogen and oxygen atoms in total. The van der Waals surface area contributed by atoms with Crippen molar-refractivity contribution < 1.29 is 19.8 Å². The van der Waals surface area contributed by atoms with Gasteiger partial charge in [0.2, 0.25) is 0 Å². The fourth-order valence-corrected chi connectivity index (χ4v) is 0.981. The van der Waals surface area contributed by atoms with Crippen molar-refractivity contribution in [3.8, 4) is 0 Å². The van der Waals surface area contributed by atoms with Crippen LogP contribution in [0, 0.1) is 6.92 Å². The summed E-state index contributed by atoms with van der Waals surface area (Å²) in [5.74, 6) is -1.84. The lowest BCUT2D eigenvalue weighted by molar-refractivity contribution is -0.146. The lowest BCUT2D eigenvalue weighted by Crippen LogP contribution is -2.36. The van der Waals surface area contributed by atoms with Gasteiger partial charge in [0.25, 0.3) is 5.91 Å². The number of rotatable bonds is 4. The molecule has 3 N–H and O–H groups in total. The molecule has 0 saturated carbocycles. The highest BCUT2D eigenvalue weighted by atomic mass is 16.4. The molecule has 0 unspecified atom stereocenters. The zero-order valence-corrected chi connectivity index (χ0v) is 8.67. The number of nitrogens with one attached hydrogen (secondary N) is 1. The van der Waals surface area contributed by atoms with Crippen LogP contribution in [0.5, 0.6) is 0 Å². The van der Waals surface area contributed by atoms with Crippen molar-refractivity contribution >= 4 is 11.9 Å². The van der Waals surface area contributed by atoms with E-state index >= 15 is 0 Å². The number of hydrogen-bond donors (Lipinski definition) is 3. The van der Waals surface area contributed by atoms with Gasteiger partial charge in [-0.3, -0.25) is 9.78 Å². The van der Waals surface area contributed by atoms with E-state index in [1.807, 2.05) is 0 Å². The van der Waals surface area contributed by atoms with E-state index < -0.39 is 18.0 Å². The van der Waals surface area contributed by atoms with Gasteiger partial charge in [0, 0.05) is 11.9 Å². The Bertz CT molecular complexity index is 388. The topological polar surface area (TPSA) is 99.5 Å². The molecule has 86 valence electrons. The van der Waals surface area contributed by atoms with E-state index in [-0.39, 0.29) is 6.54 Å². The van der Waals surface area contributed by atoms with Crippen molar-refractivity contribution in [2.45, 2.75) is 13.0 Å². The largest absolute Gasteiger partial charge is 0.479 e. The van der Waals surface area contributed by atoms with Crippen LogP contribution < -0.4 is 5.32 Å². The Morgan fingerprint density at radius 3 is 2.69 bits per heavy atom. The zero-order chi connectivity index (χ0) is 12.1. The normalized spacial score (nSPS) is 11.9. The zero-order valence-electron chi connectivity index (χ0n) is 8.67. The number of carboxylic acids is 1. The predicted molar refractivity (Wildman–Crippen MR) is 54.9 cm³/mol. The maximum Gasteiger partial charge on any atom is 0.334 e. The van der Waals surface area contributed by atoms with Gasteiger partial charge in [0.05, 0.1) is 12.1 Å². The third kappa shape index (κ3) is 3.32. The van der Waals surface area contributed by atoms with Gasteiger partial charge in [0.1, 0.15) is 0 Å². The number of aromatic nitrogens is 1. The number of aryl methyl sites for hydroxylation is 1. The Kier molecular flexibility index (Phi) is 3.96. The number of amides is 1. The molecule has 0 bridgehead atoms. The standard InChI is InChI=1S/C10H12N2O4/c1-6-2-3-7(4-11-6)9(14)12-5-8(13)10(15)16/h2-4,8,13H,5H2,1H3,(H,12,14)(H,15,16)/t8-/m0/s1. The SMILES string of the molecule is Cc1ccc(C(=O)NC[C@H](O)C(=O)O)cn1. The second-order valence-corrected chi connectivity index (χ2v) is 3.25. The Morgan fingerprint density at radius 1 is 1.50 bits per heavy atom. The molecule has 0 saturated heterocycles. The summed E-state index contributed by atoms with van der Waals surface area (Å²) in [7, 11) is 0. The van der Waals surface area contributed by atoms with E-state index in [9.17, 15) is 9.59 Å². The molecule has 1 rings (SSSR count). The molecule has 1 amide bonds. The number of nitrogens with zero attached hydrogens (tertiary/aromatic N) is 1. The number of aliphatic hydroxyl groups excluding tert-OH is 1. The van der Waals surface area contributed by atoms with Gasteiger partial charge < -0.3 is 15.5 Å². The molecule has 0 radical (unpaired) electrons. The van der Waals surface area contributed by atoms with Crippen LogP contribution >= 0.6 is 0 Å². The highest BCUT2D eigenvalue weighted by molar-refractivity contribution is 5.94. The molecule has 1 aromatic heterocycles. The number of aliphatic carboxylic acids is 1. The highest BCUT2D eigenvalue weighted by Gasteiger charge is 2.14. The van der Waals surface area contributed by atoms with Gasteiger partial charge in [-0.05, 0) is 19.1 Å². The van der Waals surface area contributed by atoms with Crippen molar-refractivity contribution in [2.75, 3.05) is 6.54 Å². The first-order chi connectivity index (χ1) is 7.50. The molecule has 0 aliphatic heterocycles. The first-order valence-corrected chi connectivity index (χ1v) is 4.62. The summed E-state index contributed by atoms with van der Waals surface area (Å²) >= 11 is 0. The van der Waals surface area contributed by atoms with E-state index in [0.717, 1.165) is 5.69 Å². The molecular weight excluding hydrogens is 212 g/mol. The van der Waals surface area contributed by atoms with Crippen LogP contribution in [0.25, 0.3) is 0 Å². The summed E-state index contributed by atoms with van der Waals surface area (Å²) in [5.41, 5.74) is 1.10. The summed E-state index contributed by atoms with van der Waals surface area (Å²) in [6, 6.07) is 3.24. The van der Waals surface area contributed by atoms with Crippen LogP contribution in [0.15, 0.2) is 18.3 Å². The van der Waals surface area contributed by atoms with Gasteiger partial charge in [-0.2, -0.15) is 0 Å². The Labute approximate surface area is 91.9 Å². The minimum absolute atomic E-state index is 0.322. The molecule has 1 heterocycles. The van der Waals surface area contributed by atoms with Crippen LogP contribution in [0.1, 0.15) is 16.1 Å². The van der Waals surface area contributed by atoms with Gasteiger partial charge in [-0.1, -0.05) is 0 Å². The van der Waals surface area contributed by atoms with Crippen LogP contribution in [0.4, 0.5) is 0 Å². The summed E-state index contributed by atoms with van der Waals surface area (Å²) in [4.78, 5) is 25.6. The maximum absolute atomic E-state index is 11.4. The van der Waals surface area contributed by atoms with Gasteiger partial charge in [-0.15, -0.1) is 0 Å². The van der Waals surface area contributed by atoms with Crippen molar-refractivity contribution in [1.82, 2.24) is 10.3 Å². The summed E-state index contributed by atoms with van der Waals surface area (Å²) < 4.78 is 0. The second-order valence-electron chi connectivity index (χ2n) is 3.25. The molecule has 16 heavy (non-hydrogen) atoms. The summed E-state index contributed by atoms with van der Waals surface area (Å²) in [6.45, 7) is 1.46. The summed E-state index contributed by atoms with van der Waals surface area (Å²) in [6.07, 6.45) is -0.208. The molecule has 1 atom stereocenters. The number of pyridine rings is 1. The van der Waals surface area contributed by atoms with E-state index in [4.69, 9.17) is 10.2 Å². The number of carbonyl (C=O) groups excluding carboxylic acids is 1. The molecule has 0 spiro atoms. The van der Waals surface area contributed by atoms with Gasteiger partial charge in [0.15, 0.2) is 6.10 Å². The highest BCUT2D eigenvalue weighted by Crippen LogP contribution is 1.98. The predicted octanol–water partition coefficient (Wildman–Crippen LogP) is -0.435. The average Bonchev–Trinajstić information content (AvgIpc) is 2.26. The number of aliphatic hydroxyl groups is 1.